The lowest BCUT2D eigenvalue weighted by Crippen LogP contribution is -2.51. The number of benzene rings is 1. The monoisotopic (exact) mass is 288 g/mol. The first kappa shape index (κ1) is 14.5. The lowest BCUT2D eigenvalue weighted by atomic mass is 10.1. The fraction of sp³-hybridized carbons (Fsp3) is 0.562. The zero-order valence-electron chi connectivity index (χ0n) is 12.4. The summed E-state index contributed by atoms with van der Waals surface area (Å²) >= 11 is 0. The van der Waals surface area contributed by atoms with Crippen molar-refractivity contribution in [3.63, 3.8) is 0 Å². The van der Waals surface area contributed by atoms with Crippen LogP contribution in [-0.4, -0.2) is 54.5 Å². The van der Waals surface area contributed by atoms with Crippen LogP contribution in [0.2, 0.25) is 0 Å². The molecule has 1 unspecified atom stereocenters. The van der Waals surface area contributed by atoms with Crippen molar-refractivity contribution in [3.8, 4) is 0 Å². The lowest BCUT2D eigenvalue weighted by Gasteiger charge is -2.37. The molecule has 1 amide bonds. The number of hydrogen-bond donors (Lipinski definition) is 2. The Kier molecular flexibility index (Phi) is 4.53. The van der Waals surface area contributed by atoms with Crippen molar-refractivity contribution in [3.05, 3.63) is 29.8 Å². The van der Waals surface area contributed by atoms with Crippen molar-refractivity contribution in [2.24, 2.45) is 5.73 Å². The Labute approximate surface area is 126 Å². The van der Waals surface area contributed by atoms with E-state index in [4.69, 9.17) is 5.73 Å². The van der Waals surface area contributed by atoms with Gasteiger partial charge in [-0.05, 0) is 37.1 Å². The number of nitrogens with zero attached hydrogens (tertiary/aromatic N) is 2. The average Bonchev–Trinajstić information content (AvgIpc) is 2.95. The molecule has 0 radical (unpaired) electrons. The van der Waals surface area contributed by atoms with Crippen LogP contribution in [-0.2, 0) is 11.3 Å². The third-order valence-electron chi connectivity index (χ3n) is 4.51. The van der Waals surface area contributed by atoms with Crippen LogP contribution >= 0.6 is 0 Å². The van der Waals surface area contributed by atoms with Gasteiger partial charge in [0.05, 0.1) is 6.54 Å². The van der Waals surface area contributed by atoms with Crippen molar-refractivity contribution >= 4 is 11.6 Å². The molecule has 3 rings (SSSR count). The van der Waals surface area contributed by atoms with Gasteiger partial charge in [0.1, 0.15) is 0 Å². The summed E-state index contributed by atoms with van der Waals surface area (Å²) in [6.45, 7) is 5.37. The molecule has 2 fully saturated rings. The molecule has 5 nitrogen and oxygen atoms in total. The fourth-order valence-corrected chi connectivity index (χ4v) is 3.33. The Hall–Kier alpha value is -1.43. The molecule has 2 aliphatic rings. The molecular weight excluding hydrogens is 264 g/mol. The Balaban J connectivity index is 1.49. The minimum absolute atomic E-state index is 0.0712. The van der Waals surface area contributed by atoms with Crippen LogP contribution in [0.1, 0.15) is 18.4 Å². The number of fused-ring (bicyclic) bond motifs is 1. The highest BCUT2D eigenvalue weighted by atomic mass is 16.2. The Morgan fingerprint density at radius 3 is 2.81 bits per heavy atom. The second kappa shape index (κ2) is 6.56. The van der Waals surface area contributed by atoms with Gasteiger partial charge in [-0.1, -0.05) is 12.1 Å². The summed E-state index contributed by atoms with van der Waals surface area (Å²) in [4.78, 5) is 17.0. The van der Waals surface area contributed by atoms with E-state index >= 15 is 0 Å². The average molecular weight is 288 g/mol. The number of piperazine rings is 1. The second-order valence-electron chi connectivity index (χ2n) is 6.02. The van der Waals surface area contributed by atoms with Gasteiger partial charge in [0.25, 0.3) is 0 Å². The number of carbonyl (C=O) groups is 1. The summed E-state index contributed by atoms with van der Waals surface area (Å²) in [5, 5.41) is 2.97. The highest BCUT2D eigenvalue weighted by Gasteiger charge is 2.30. The highest BCUT2D eigenvalue weighted by molar-refractivity contribution is 5.92. The molecular formula is C16H24N4O. The summed E-state index contributed by atoms with van der Waals surface area (Å²) in [5.41, 5.74) is 7.49. The molecule has 0 bridgehead atoms. The third kappa shape index (κ3) is 3.61. The normalized spacial score (nSPS) is 23.0. The number of anilines is 1. The summed E-state index contributed by atoms with van der Waals surface area (Å²) in [6.07, 6.45) is 2.58. The largest absolute Gasteiger partial charge is 0.326 e. The maximum absolute atomic E-state index is 12.1. The summed E-state index contributed by atoms with van der Waals surface area (Å²) in [7, 11) is 0. The SMILES string of the molecule is NCc1ccc(NC(=O)CN2CCN3CCCC3C2)cc1. The van der Waals surface area contributed by atoms with Crippen LogP contribution < -0.4 is 11.1 Å². The van der Waals surface area contributed by atoms with E-state index < -0.39 is 0 Å². The number of nitrogens with one attached hydrogen (secondary N) is 1. The quantitative estimate of drug-likeness (QED) is 0.863. The van der Waals surface area contributed by atoms with Gasteiger partial charge < -0.3 is 11.1 Å². The molecule has 1 aromatic carbocycles. The number of hydrogen-bond acceptors (Lipinski definition) is 4. The summed E-state index contributed by atoms with van der Waals surface area (Å²) < 4.78 is 0. The number of nitrogens with two attached hydrogens (primary N) is 1. The van der Waals surface area contributed by atoms with E-state index in [1.165, 1.54) is 19.4 Å². The second-order valence-corrected chi connectivity index (χ2v) is 6.02. The molecule has 2 aliphatic heterocycles. The molecule has 21 heavy (non-hydrogen) atoms. The van der Waals surface area contributed by atoms with Crippen LogP contribution in [0.4, 0.5) is 5.69 Å². The summed E-state index contributed by atoms with van der Waals surface area (Å²) in [6, 6.07) is 8.39. The minimum Gasteiger partial charge on any atom is -0.326 e. The lowest BCUT2D eigenvalue weighted by molar-refractivity contribution is -0.117. The van der Waals surface area contributed by atoms with E-state index in [2.05, 4.69) is 15.1 Å². The predicted molar refractivity (Wildman–Crippen MR) is 84.0 cm³/mol. The Morgan fingerprint density at radius 2 is 2.05 bits per heavy atom. The zero-order chi connectivity index (χ0) is 14.7. The maximum Gasteiger partial charge on any atom is 0.238 e. The van der Waals surface area contributed by atoms with Crippen molar-refractivity contribution in [1.29, 1.82) is 0 Å². The molecule has 3 N–H and O–H groups in total. The number of rotatable bonds is 4. The predicted octanol–water partition coefficient (Wildman–Crippen LogP) is 0.864. The topological polar surface area (TPSA) is 61.6 Å². The van der Waals surface area contributed by atoms with E-state index in [1.807, 2.05) is 24.3 Å². The Bertz CT molecular complexity index is 488. The standard InChI is InChI=1S/C16H24N4O/c17-10-13-3-5-14(6-4-13)18-16(21)12-19-8-9-20-7-1-2-15(20)11-19/h3-6,15H,1-2,7-12,17H2,(H,18,21). The van der Waals surface area contributed by atoms with E-state index in [1.54, 1.807) is 0 Å². The van der Waals surface area contributed by atoms with Crippen LogP contribution in [0.25, 0.3) is 0 Å². The fourth-order valence-electron chi connectivity index (χ4n) is 3.33. The number of carbonyl (C=O) groups excluding carboxylic acids is 1. The summed E-state index contributed by atoms with van der Waals surface area (Å²) in [5.74, 6) is 0.0712. The van der Waals surface area contributed by atoms with Crippen LogP contribution in [0.3, 0.4) is 0 Å². The molecule has 2 heterocycles. The van der Waals surface area contributed by atoms with Gasteiger partial charge in [-0.15, -0.1) is 0 Å². The van der Waals surface area contributed by atoms with Gasteiger partial charge in [0.2, 0.25) is 5.91 Å². The van der Waals surface area contributed by atoms with Crippen molar-refractivity contribution in [1.82, 2.24) is 9.80 Å². The zero-order valence-corrected chi connectivity index (χ0v) is 12.4. The van der Waals surface area contributed by atoms with E-state index in [0.29, 0.717) is 19.1 Å². The molecule has 1 atom stereocenters. The van der Waals surface area contributed by atoms with Gasteiger partial charge in [-0.2, -0.15) is 0 Å². The van der Waals surface area contributed by atoms with Gasteiger partial charge >= 0.3 is 0 Å². The van der Waals surface area contributed by atoms with Crippen LogP contribution in [0, 0.1) is 0 Å². The minimum atomic E-state index is 0.0712. The van der Waals surface area contributed by atoms with Crippen molar-refractivity contribution in [2.45, 2.75) is 25.4 Å². The third-order valence-corrected chi connectivity index (χ3v) is 4.51. The van der Waals surface area contributed by atoms with E-state index in [0.717, 1.165) is 30.9 Å². The van der Waals surface area contributed by atoms with Crippen LogP contribution in [0.15, 0.2) is 24.3 Å². The van der Waals surface area contributed by atoms with E-state index in [9.17, 15) is 4.79 Å². The van der Waals surface area contributed by atoms with Crippen LogP contribution in [0.5, 0.6) is 0 Å². The van der Waals surface area contributed by atoms with Gasteiger partial charge in [-0.25, -0.2) is 0 Å². The van der Waals surface area contributed by atoms with Crippen molar-refractivity contribution in [2.75, 3.05) is 38.0 Å². The molecule has 0 saturated carbocycles. The first-order chi connectivity index (χ1) is 10.2. The molecule has 0 spiro atoms. The van der Waals surface area contributed by atoms with Crippen molar-refractivity contribution < 1.29 is 4.79 Å². The first-order valence-electron chi connectivity index (χ1n) is 7.80. The van der Waals surface area contributed by atoms with Gasteiger partial charge in [0.15, 0.2) is 0 Å². The van der Waals surface area contributed by atoms with E-state index in [-0.39, 0.29) is 5.91 Å². The molecule has 0 aromatic heterocycles. The Morgan fingerprint density at radius 1 is 1.24 bits per heavy atom. The smallest absolute Gasteiger partial charge is 0.238 e. The first-order valence-corrected chi connectivity index (χ1v) is 7.80. The maximum atomic E-state index is 12.1. The highest BCUT2D eigenvalue weighted by Crippen LogP contribution is 2.21. The van der Waals surface area contributed by atoms with Gasteiger partial charge in [-0.3, -0.25) is 14.6 Å². The molecule has 114 valence electrons. The molecule has 0 aliphatic carbocycles. The molecule has 1 aromatic rings. The number of amides is 1. The van der Waals surface area contributed by atoms with Gasteiger partial charge in [0, 0.05) is 37.9 Å². The molecule has 5 heteroatoms. The molecule has 2 saturated heterocycles.